The van der Waals surface area contributed by atoms with E-state index in [-0.39, 0.29) is 11.7 Å². The molecule has 0 radical (unpaired) electrons. The van der Waals surface area contributed by atoms with Gasteiger partial charge in [0.25, 0.3) is 5.91 Å². The molecule has 0 aliphatic carbocycles. The maximum Gasteiger partial charge on any atom is 0.434 e. The molecule has 118 valence electrons. The molecule has 2 aromatic rings. The Labute approximate surface area is 123 Å². The zero-order valence-electron chi connectivity index (χ0n) is 11.8. The van der Waals surface area contributed by atoms with Crippen molar-refractivity contribution in [3.63, 3.8) is 0 Å². The van der Waals surface area contributed by atoms with E-state index < -0.39 is 29.2 Å². The fourth-order valence-corrected chi connectivity index (χ4v) is 1.93. The first-order chi connectivity index (χ1) is 10.2. The zero-order chi connectivity index (χ0) is 16.5. The summed E-state index contributed by atoms with van der Waals surface area (Å²) in [4.78, 5) is 11.9. The second-order valence-corrected chi connectivity index (χ2v) is 4.92. The summed E-state index contributed by atoms with van der Waals surface area (Å²) in [7, 11) is 0. The average Bonchev–Trinajstić information content (AvgIpc) is 2.82. The molecule has 1 heterocycles. The summed E-state index contributed by atoms with van der Waals surface area (Å²) in [6.07, 6.45) is -3.99. The molecule has 0 saturated carbocycles. The molecule has 1 aromatic carbocycles. The van der Waals surface area contributed by atoms with Gasteiger partial charge in [-0.15, -0.1) is 0 Å². The Bertz CT molecular complexity index is 692. The minimum absolute atomic E-state index is 0.115. The third-order valence-electron chi connectivity index (χ3n) is 2.75. The quantitative estimate of drug-likeness (QED) is 0.884. The fourth-order valence-electron chi connectivity index (χ4n) is 1.93. The maximum absolute atomic E-state index is 13.3. The monoisotopic (exact) mass is 315 g/mol. The van der Waals surface area contributed by atoms with Gasteiger partial charge in [-0.05, 0) is 32.0 Å². The summed E-state index contributed by atoms with van der Waals surface area (Å²) in [5, 5.41) is 5.97. The van der Waals surface area contributed by atoms with E-state index in [1.165, 1.54) is 12.1 Å². The molecule has 8 heteroatoms. The molecule has 0 spiro atoms. The number of aromatic nitrogens is 2. The van der Waals surface area contributed by atoms with Crippen LogP contribution in [0.1, 0.15) is 29.9 Å². The Balaban J connectivity index is 2.57. The van der Waals surface area contributed by atoms with Crippen molar-refractivity contribution in [1.29, 1.82) is 0 Å². The number of alkyl halides is 3. The SMILES string of the molecule is CC(C)NC(=O)c1cnn(-c2cccc(F)c2)c1C(F)(F)F. The van der Waals surface area contributed by atoms with E-state index in [1.54, 1.807) is 13.8 Å². The molecule has 0 bridgehead atoms. The van der Waals surface area contributed by atoms with E-state index >= 15 is 0 Å². The van der Waals surface area contributed by atoms with Crippen LogP contribution in [-0.2, 0) is 6.18 Å². The van der Waals surface area contributed by atoms with E-state index in [2.05, 4.69) is 10.4 Å². The van der Waals surface area contributed by atoms with Gasteiger partial charge in [0, 0.05) is 6.04 Å². The first kappa shape index (κ1) is 16.0. The van der Waals surface area contributed by atoms with E-state index in [1.807, 2.05) is 0 Å². The van der Waals surface area contributed by atoms with Gasteiger partial charge in [0.15, 0.2) is 5.69 Å². The van der Waals surface area contributed by atoms with Gasteiger partial charge in [-0.3, -0.25) is 4.79 Å². The van der Waals surface area contributed by atoms with Crippen LogP contribution >= 0.6 is 0 Å². The number of nitrogens with zero attached hydrogens (tertiary/aromatic N) is 2. The number of nitrogens with one attached hydrogen (secondary N) is 1. The number of carbonyl (C=O) groups is 1. The summed E-state index contributed by atoms with van der Waals surface area (Å²) < 4.78 is 53.6. The van der Waals surface area contributed by atoms with Crippen molar-refractivity contribution in [1.82, 2.24) is 15.1 Å². The summed E-state index contributed by atoms with van der Waals surface area (Å²) in [5.41, 5.74) is -1.96. The third kappa shape index (κ3) is 3.26. The number of hydrogen-bond acceptors (Lipinski definition) is 2. The molecule has 0 aliphatic heterocycles. The third-order valence-corrected chi connectivity index (χ3v) is 2.75. The van der Waals surface area contributed by atoms with Gasteiger partial charge >= 0.3 is 6.18 Å². The van der Waals surface area contributed by atoms with E-state index in [4.69, 9.17) is 0 Å². The molecule has 0 unspecified atom stereocenters. The van der Waals surface area contributed by atoms with E-state index in [9.17, 15) is 22.4 Å². The number of benzene rings is 1. The van der Waals surface area contributed by atoms with Gasteiger partial charge in [-0.1, -0.05) is 6.07 Å². The number of carbonyl (C=O) groups excluding carboxylic acids is 1. The Kier molecular flexibility index (Phi) is 4.20. The highest BCUT2D eigenvalue weighted by Gasteiger charge is 2.40. The lowest BCUT2D eigenvalue weighted by Crippen LogP contribution is -2.31. The van der Waals surface area contributed by atoms with Crippen LogP contribution < -0.4 is 5.32 Å². The number of amides is 1. The van der Waals surface area contributed by atoms with E-state index in [0.29, 0.717) is 4.68 Å². The van der Waals surface area contributed by atoms with Gasteiger partial charge in [0.05, 0.1) is 17.4 Å². The molecule has 4 nitrogen and oxygen atoms in total. The average molecular weight is 315 g/mol. The van der Waals surface area contributed by atoms with Crippen LogP contribution in [0.15, 0.2) is 30.5 Å². The molecule has 0 aliphatic rings. The molecule has 1 amide bonds. The summed E-state index contributed by atoms with van der Waals surface area (Å²) in [6, 6.07) is 4.22. The summed E-state index contributed by atoms with van der Waals surface area (Å²) in [5.74, 6) is -1.58. The van der Waals surface area contributed by atoms with E-state index in [0.717, 1.165) is 18.3 Å². The highest BCUT2D eigenvalue weighted by Crippen LogP contribution is 2.33. The van der Waals surface area contributed by atoms with Crippen LogP contribution in [0.25, 0.3) is 5.69 Å². The number of halogens is 4. The largest absolute Gasteiger partial charge is 0.434 e. The first-order valence-electron chi connectivity index (χ1n) is 6.42. The van der Waals surface area contributed by atoms with Crippen molar-refractivity contribution in [3.8, 4) is 5.69 Å². The molecular formula is C14H13F4N3O. The van der Waals surface area contributed by atoms with Gasteiger partial charge in [-0.2, -0.15) is 18.3 Å². The summed E-state index contributed by atoms with van der Waals surface area (Å²) in [6.45, 7) is 3.25. The molecule has 22 heavy (non-hydrogen) atoms. The Morgan fingerprint density at radius 2 is 2.00 bits per heavy atom. The molecule has 0 fully saturated rings. The zero-order valence-corrected chi connectivity index (χ0v) is 11.8. The fraction of sp³-hybridized carbons (Fsp3) is 0.286. The second-order valence-electron chi connectivity index (χ2n) is 4.92. The van der Waals surface area contributed by atoms with Crippen molar-refractivity contribution in [2.45, 2.75) is 26.1 Å². The smallest absolute Gasteiger partial charge is 0.350 e. The van der Waals surface area contributed by atoms with Crippen molar-refractivity contribution in [2.75, 3.05) is 0 Å². The normalized spacial score (nSPS) is 11.8. The molecule has 0 saturated heterocycles. The van der Waals surface area contributed by atoms with Gasteiger partial charge in [-0.25, -0.2) is 9.07 Å². The predicted molar refractivity (Wildman–Crippen MR) is 71.1 cm³/mol. The van der Waals surface area contributed by atoms with Crippen molar-refractivity contribution < 1.29 is 22.4 Å². The second kappa shape index (κ2) is 5.78. The highest BCUT2D eigenvalue weighted by molar-refractivity contribution is 5.95. The number of hydrogen-bond donors (Lipinski definition) is 1. The van der Waals surface area contributed by atoms with Gasteiger partial charge in [0.1, 0.15) is 5.82 Å². The predicted octanol–water partition coefficient (Wildman–Crippen LogP) is 3.17. The molecule has 0 atom stereocenters. The lowest BCUT2D eigenvalue weighted by molar-refractivity contribution is -0.143. The Morgan fingerprint density at radius 1 is 1.32 bits per heavy atom. The van der Waals surface area contributed by atoms with Crippen LogP contribution in [0, 0.1) is 5.82 Å². The molecular weight excluding hydrogens is 302 g/mol. The Morgan fingerprint density at radius 3 is 2.55 bits per heavy atom. The van der Waals surface area contributed by atoms with Crippen molar-refractivity contribution in [2.24, 2.45) is 0 Å². The van der Waals surface area contributed by atoms with Gasteiger partial charge < -0.3 is 5.32 Å². The van der Waals surface area contributed by atoms with Crippen molar-refractivity contribution in [3.05, 3.63) is 47.5 Å². The Hall–Kier alpha value is -2.38. The first-order valence-corrected chi connectivity index (χ1v) is 6.42. The maximum atomic E-state index is 13.3. The van der Waals surface area contributed by atoms with Crippen LogP contribution in [0.4, 0.5) is 17.6 Å². The minimum Gasteiger partial charge on any atom is -0.350 e. The number of rotatable bonds is 3. The molecule has 2 rings (SSSR count). The molecule has 1 N–H and O–H groups in total. The summed E-state index contributed by atoms with van der Waals surface area (Å²) >= 11 is 0. The lowest BCUT2D eigenvalue weighted by atomic mass is 10.2. The topological polar surface area (TPSA) is 46.9 Å². The molecule has 1 aromatic heterocycles. The van der Waals surface area contributed by atoms with Crippen LogP contribution in [-0.4, -0.2) is 21.7 Å². The van der Waals surface area contributed by atoms with Crippen LogP contribution in [0.2, 0.25) is 0 Å². The van der Waals surface area contributed by atoms with Crippen LogP contribution in [0.5, 0.6) is 0 Å². The standard InChI is InChI=1S/C14H13F4N3O/c1-8(2)20-13(22)11-7-19-21(12(11)14(16,17)18)10-5-3-4-9(15)6-10/h3-8H,1-2H3,(H,20,22). The van der Waals surface area contributed by atoms with Crippen molar-refractivity contribution >= 4 is 5.91 Å². The van der Waals surface area contributed by atoms with Gasteiger partial charge in [0.2, 0.25) is 0 Å². The minimum atomic E-state index is -4.81. The van der Waals surface area contributed by atoms with Crippen LogP contribution in [0.3, 0.4) is 0 Å². The lowest BCUT2D eigenvalue weighted by Gasteiger charge is -2.13. The highest BCUT2D eigenvalue weighted by atomic mass is 19.4.